The predicted octanol–water partition coefficient (Wildman–Crippen LogP) is 2.86. The van der Waals surface area contributed by atoms with Crippen molar-refractivity contribution < 1.29 is 23.0 Å². The Labute approximate surface area is 101 Å². The van der Waals surface area contributed by atoms with Gasteiger partial charge in [-0.15, -0.1) is 0 Å². The summed E-state index contributed by atoms with van der Waals surface area (Å²) >= 11 is 5.54. The molecule has 1 heterocycles. The highest BCUT2D eigenvalue weighted by Gasteiger charge is 2.27. The van der Waals surface area contributed by atoms with Gasteiger partial charge in [-0.3, -0.25) is 0 Å². The molecule has 0 radical (unpaired) electrons. The van der Waals surface area contributed by atoms with E-state index in [0.29, 0.717) is 0 Å². The number of methoxy groups -OCH3 is 1. The maximum absolute atomic E-state index is 12.8. The molecule has 1 rings (SSSR count). The van der Waals surface area contributed by atoms with Gasteiger partial charge in [-0.1, -0.05) is 11.6 Å². The number of halogens is 3. The molecule has 0 saturated heterocycles. The van der Waals surface area contributed by atoms with E-state index in [0.717, 1.165) is 6.20 Å². The highest BCUT2D eigenvalue weighted by atomic mass is 35.5. The Morgan fingerprint density at radius 2 is 2.24 bits per heavy atom. The molecule has 1 aromatic heterocycles. The molecule has 0 aliphatic carbocycles. The summed E-state index contributed by atoms with van der Waals surface area (Å²) in [6, 6.07) is 0. The minimum atomic E-state index is -2.94. The first kappa shape index (κ1) is 13.6. The average molecular weight is 266 g/mol. The van der Waals surface area contributed by atoms with Crippen LogP contribution in [-0.4, -0.2) is 24.7 Å². The Kier molecular flexibility index (Phi) is 4.62. The van der Waals surface area contributed by atoms with Crippen molar-refractivity contribution in [3.8, 4) is 5.75 Å². The summed E-state index contributed by atoms with van der Waals surface area (Å²) in [7, 11) is 1.24. The number of carbonyl (C=O) groups is 1. The first-order valence-electron chi connectivity index (χ1n) is 4.70. The Hall–Kier alpha value is -1.43. The van der Waals surface area contributed by atoms with Crippen LogP contribution in [0.2, 0.25) is 5.15 Å². The first-order chi connectivity index (χ1) is 8.02. The van der Waals surface area contributed by atoms with E-state index in [1.807, 2.05) is 0 Å². The lowest BCUT2D eigenvalue weighted by Crippen LogP contribution is -2.12. The van der Waals surface area contributed by atoms with Crippen LogP contribution in [-0.2, 0) is 4.74 Å². The Bertz CT molecular complexity index is 426. The zero-order chi connectivity index (χ0) is 13.0. The molecule has 0 aromatic carbocycles. The molecule has 0 bridgehead atoms. The van der Waals surface area contributed by atoms with Gasteiger partial charge in [-0.2, -0.15) is 0 Å². The molecule has 0 unspecified atom stereocenters. The SMILES string of the molecule is CCOC(=O)c1c(OC)cnc(Cl)c1C(F)F. The van der Waals surface area contributed by atoms with Crippen LogP contribution in [0.1, 0.15) is 29.3 Å². The number of aromatic nitrogens is 1. The zero-order valence-electron chi connectivity index (χ0n) is 9.17. The quantitative estimate of drug-likeness (QED) is 0.620. The smallest absolute Gasteiger partial charge is 0.342 e. The number of esters is 1. The van der Waals surface area contributed by atoms with Crippen LogP contribution >= 0.6 is 11.6 Å². The molecule has 0 amide bonds. The maximum Gasteiger partial charge on any atom is 0.342 e. The minimum Gasteiger partial charge on any atom is -0.494 e. The van der Waals surface area contributed by atoms with E-state index in [4.69, 9.17) is 16.3 Å². The Morgan fingerprint density at radius 1 is 1.59 bits per heavy atom. The molecule has 0 saturated carbocycles. The van der Waals surface area contributed by atoms with E-state index in [9.17, 15) is 13.6 Å². The Morgan fingerprint density at radius 3 is 2.71 bits per heavy atom. The summed E-state index contributed by atoms with van der Waals surface area (Å²) in [6.07, 6.45) is -1.84. The first-order valence-corrected chi connectivity index (χ1v) is 5.08. The molecule has 7 heteroatoms. The molecule has 0 aliphatic heterocycles. The van der Waals surface area contributed by atoms with E-state index in [1.54, 1.807) is 6.92 Å². The van der Waals surface area contributed by atoms with Crippen molar-refractivity contribution in [3.05, 3.63) is 22.5 Å². The predicted molar refractivity (Wildman–Crippen MR) is 56.7 cm³/mol. The number of alkyl halides is 2. The molecule has 0 N–H and O–H groups in total. The van der Waals surface area contributed by atoms with Crippen molar-refractivity contribution in [1.82, 2.24) is 4.98 Å². The third kappa shape index (κ3) is 2.82. The van der Waals surface area contributed by atoms with Gasteiger partial charge >= 0.3 is 5.97 Å². The lowest BCUT2D eigenvalue weighted by Gasteiger charge is -2.12. The summed E-state index contributed by atoms with van der Waals surface area (Å²) in [4.78, 5) is 15.1. The highest BCUT2D eigenvalue weighted by molar-refractivity contribution is 6.30. The van der Waals surface area contributed by atoms with Gasteiger partial charge in [-0.05, 0) is 6.92 Å². The number of rotatable bonds is 4. The van der Waals surface area contributed by atoms with Gasteiger partial charge in [0.1, 0.15) is 10.7 Å². The average Bonchev–Trinajstić information content (AvgIpc) is 2.28. The zero-order valence-corrected chi connectivity index (χ0v) is 9.92. The minimum absolute atomic E-state index is 0.0601. The van der Waals surface area contributed by atoms with E-state index >= 15 is 0 Å². The van der Waals surface area contributed by atoms with Crippen molar-refractivity contribution >= 4 is 17.6 Å². The lowest BCUT2D eigenvalue weighted by molar-refractivity contribution is 0.0511. The molecule has 0 atom stereocenters. The molecule has 94 valence electrons. The van der Waals surface area contributed by atoms with Crippen LogP contribution in [0.25, 0.3) is 0 Å². The van der Waals surface area contributed by atoms with Crippen LogP contribution in [0.4, 0.5) is 8.78 Å². The van der Waals surface area contributed by atoms with Gasteiger partial charge in [0.05, 0.1) is 25.5 Å². The summed E-state index contributed by atoms with van der Waals surface area (Å²) in [5, 5.41) is -0.441. The van der Waals surface area contributed by atoms with Crippen molar-refractivity contribution in [2.24, 2.45) is 0 Å². The number of nitrogens with zero attached hydrogens (tertiary/aromatic N) is 1. The number of hydrogen-bond donors (Lipinski definition) is 0. The fourth-order valence-electron chi connectivity index (χ4n) is 1.25. The molecule has 0 fully saturated rings. The summed E-state index contributed by atoms with van der Waals surface area (Å²) < 4.78 is 35.1. The standard InChI is InChI=1S/C10H10ClF2NO3/c1-3-17-10(15)6-5(16-2)4-14-8(11)7(6)9(12)13/h4,9H,3H2,1-2H3. The number of pyridine rings is 1. The normalized spacial score (nSPS) is 10.5. The van der Waals surface area contributed by atoms with Crippen LogP contribution in [0, 0.1) is 0 Å². The van der Waals surface area contributed by atoms with Gasteiger partial charge in [0.2, 0.25) is 0 Å². The number of carbonyl (C=O) groups excluding carboxylic acids is 1. The molecule has 0 spiro atoms. The second-order valence-electron chi connectivity index (χ2n) is 2.93. The maximum atomic E-state index is 12.8. The van der Waals surface area contributed by atoms with Gasteiger partial charge in [0.15, 0.2) is 5.75 Å². The van der Waals surface area contributed by atoms with E-state index in [1.165, 1.54) is 7.11 Å². The highest BCUT2D eigenvalue weighted by Crippen LogP contribution is 2.34. The second-order valence-corrected chi connectivity index (χ2v) is 3.29. The molecule has 17 heavy (non-hydrogen) atoms. The topological polar surface area (TPSA) is 48.4 Å². The molecular weight excluding hydrogens is 256 g/mol. The Balaban J connectivity index is 3.40. The van der Waals surface area contributed by atoms with E-state index in [-0.39, 0.29) is 17.9 Å². The van der Waals surface area contributed by atoms with Crippen molar-refractivity contribution in [2.45, 2.75) is 13.3 Å². The monoisotopic (exact) mass is 265 g/mol. The van der Waals surface area contributed by atoms with Crippen molar-refractivity contribution in [2.75, 3.05) is 13.7 Å². The van der Waals surface area contributed by atoms with Gasteiger partial charge in [0, 0.05) is 0 Å². The molecular formula is C10H10ClF2NO3. The third-order valence-electron chi connectivity index (χ3n) is 1.95. The van der Waals surface area contributed by atoms with Crippen molar-refractivity contribution in [3.63, 3.8) is 0 Å². The number of ether oxygens (including phenoxy) is 2. The summed E-state index contributed by atoms with van der Waals surface area (Å²) in [6.45, 7) is 1.62. The van der Waals surface area contributed by atoms with Crippen LogP contribution in [0.3, 0.4) is 0 Å². The molecule has 4 nitrogen and oxygen atoms in total. The molecule has 1 aromatic rings. The summed E-state index contributed by atoms with van der Waals surface area (Å²) in [5.41, 5.74) is -1.06. The third-order valence-corrected chi connectivity index (χ3v) is 2.25. The fourth-order valence-corrected chi connectivity index (χ4v) is 1.48. The van der Waals surface area contributed by atoms with Crippen LogP contribution in [0.5, 0.6) is 5.75 Å². The fraction of sp³-hybridized carbons (Fsp3) is 0.400. The summed E-state index contributed by atoms with van der Waals surface area (Å²) in [5.74, 6) is -1.01. The van der Waals surface area contributed by atoms with Crippen molar-refractivity contribution in [1.29, 1.82) is 0 Å². The largest absolute Gasteiger partial charge is 0.494 e. The second kappa shape index (κ2) is 5.77. The lowest BCUT2D eigenvalue weighted by atomic mass is 10.1. The molecule has 0 aliphatic rings. The van der Waals surface area contributed by atoms with Crippen LogP contribution < -0.4 is 4.74 Å². The van der Waals surface area contributed by atoms with Gasteiger partial charge in [0.25, 0.3) is 6.43 Å². The van der Waals surface area contributed by atoms with E-state index in [2.05, 4.69) is 9.72 Å². The van der Waals surface area contributed by atoms with Gasteiger partial charge in [-0.25, -0.2) is 18.6 Å². The number of hydrogen-bond acceptors (Lipinski definition) is 4. The van der Waals surface area contributed by atoms with Gasteiger partial charge < -0.3 is 9.47 Å². The van der Waals surface area contributed by atoms with E-state index < -0.39 is 23.1 Å². The van der Waals surface area contributed by atoms with Crippen LogP contribution in [0.15, 0.2) is 6.20 Å².